The number of hydrogen-bond acceptors (Lipinski definition) is 7. The lowest BCUT2D eigenvalue weighted by Gasteiger charge is -2.26. The first-order chi connectivity index (χ1) is 22.7. The summed E-state index contributed by atoms with van der Waals surface area (Å²) in [7, 11) is 0. The van der Waals surface area contributed by atoms with Gasteiger partial charge in [0.05, 0.1) is 18.6 Å². The Morgan fingerprint density at radius 3 is 2.36 bits per heavy atom. The summed E-state index contributed by atoms with van der Waals surface area (Å²) in [5, 5.41) is 13.9. The molecular formula is C35H42N6O6. The fraction of sp³-hybridized carbons (Fsp3) is 0.371. The van der Waals surface area contributed by atoms with Crippen LogP contribution in [0.25, 0.3) is 0 Å². The largest absolute Gasteiger partial charge is 0.493 e. The highest BCUT2D eigenvalue weighted by Gasteiger charge is 2.31. The Kier molecular flexibility index (Phi) is 12.8. The predicted octanol–water partition coefficient (Wildman–Crippen LogP) is 1.70. The zero-order valence-corrected chi connectivity index (χ0v) is 26.7. The van der Waals surface area contributed by atoms with Gasteiger partial charge in [-0.3, -0.25) is 29.0 Å². The van der Waals surface area contributed by atoms with Crippen molar-refractivity contribution >= 4 is 29.5 Å². The normalized spacial score (nSPS) is 19.9. The number of fused-ring (bicyclic) bond motifs is 1. The molecule has 1 aliphatic heterocycles. The Balaban J connectivity index is 1.57. The molecule has 248 valence electrons. The third-order valence-electron chi connectivity index (χ3n) is 7.66. The van der Waals surface area contributed by atoms with Crippen LogP contribution in [0.3, 0.4) is 0 Å². The van der Waals surface area contributed by atoms with Gasteiger partial charge >= 0.3 is 0 Å². The maximum Gasteiger partial charge on any atom is 0.255 e. The maximum absolute atomic E-state index is 13.5. The van der Waals surface area contributed by atoms with Crippen LogP contribution >= 0.6 is 0 Å². The summed E-state index contributed by atoms with van der Waals surface area (Å²) < 4.78 is 5.88. The maximum atomic E-state index is 13.5. The number of rotatable bonds is 7. The van der Waals surface area contributed by atoms with E-state index in [4.69, 9.17) is 4.74 Å². The van der Waals surface area contributed by atoms with Crippen molar-refractivity contribution in [2.75, 3.05) is 19.7 Å². The first-order valence-corrected chi connectivity index (χ1v) is 15.8. The molecule has 5 N–H and O–H groups in total. The summed E-state index contributed by atoms with van der Waals surface area (Å²) in [6, 6.07) is 16.4. The summed E-state index contributed by atoms with van der Waals surface area (Å²) in [4.78, 5) is 71.0. The van der Waals surface area contributed by atoms with Crippen molar-refractivity contribution in [3.63, 3.8) is 0 Å². The van der Waals surface area contributed by atoms with Crippen LogP contribution in [0.2, 0.25) is 0 Å². The number of amides is 5. The van der Waals surface area contributed by atoms with E-state index in [1.807, 2.05) is 42.5 Å². The molecule has 5 amide bonds. The molecule has 3 aromatic rings. The second-order valence-electron chi connectivity index (χ2n) is 11.7. The SMILES string of the molecule is CC(C)[C@@H]1NC(=O)C[C@@H](C(=O)NCCc2ccncc2)NC(=O)c2ccccc2OCCCNC(=O)[C@H](Cc2ccccc2)NC1=O. The molecule has 0 radical (unpaired) electrons. The quantitative estimate of drug-likeness (QED) is 0.262. The summed E-state index contributed by atoms with van der Waals surface area (Å²) in [5.74, 6) is -2.74. The molecular weight excluding hydrogens is 600 g/mol. The number of nitrogens with one attached hydrogen (secondary N) is 5. The van der Waals surface area contributed by atoms with Gasteiger partial charge in [-0.1, -0.05) is 56.3 Å². The first-order valence-electron chi connectivity index (χ1n) is 15.8. The smallest absolute Gasteiger partial charge is 0.255 e. The molecule has 3 atom stereocenters. The van der Waals surface area contributed by atoms with Gasteiger partial charge in [0.1, 0.15) is 23.9 Å². The second-order valence-corrected chi connectivity index (χ2v) is 11.7. The van der Waals surface area contributed by atoms with Gasteiger partial charge in [0.2, 0.25) is 23.6 Å². The monoisotopic (exact) mass is 642 g/mol. The number of pyridine rings is 1. The van der Waals surface area contributed by atoms with Crippen LogP contribution in [-0.2, 0) is 32.0 Å². The van der Waals surface area contributed by atoms with E-state index in [0.29, 0.717) is 18.6 Å². The predicted molar refractivity (Wildman–Crippen MR) is 175 cm³/mol. The Labute approximate surface area is 274 Å². The van der Waals surface area contributed by atoms with E-state index in [0.717, 1.165) is 11.1 Å². The van der Waals surface area contributed by atoms with Gasteiger partial charge < -0.3 is 31.3 Å². The number of nitrogens with zero attached hydrogens (tertiary/aromatic N) is 1. The van der Waals surface area contributed by atoms with Crippen molar-refractivity contribution in [3.05, 3.63) is 95.8 Å². The third-order valence-corrected chi connectivity index (χ3v) is 7.66. The standard InChI is InChI=1S/C35H42N6O6/c1-23(2)31-35(46)40-27(21-25-9-4-3-5-10-25)33(44)37-16-8-20-47-29-12-7-6-11-26(29)32(43)39-28(22-30(42)41-31)34(45)38-19-15-24-13-17-36-18-14-24/h3-7,9-14,17-18,23,27-28,31H,8,15-16,19-22H2,1-2H3,(H,37,44)(H,38,45)(H,39,43)(H,40,46)(H,41,42)/t27-,28-,31-/m0/s1. The summed E-state index contributed by atoms with van der Waals surface area (Å²) in [6.45, 7) is 4.26. The zero-order valence-electron chi connectivity index (χ0n) is 26.7. The Hall–Kier alpha value is -5.26. The summed E-state index contributed by atoms with van der Waals surface area (Å²) in [5.41, 5.74) is 2.01. The molecule has 1 aromatic heterocycles. The van der Waals surface area contributed by atoms with Crippen LogP contribution < -0.4 is 31.3 Å². The van der Waals surface area contributed by atoms with Crippen molar-refractivity contribution in [1.29, 1.82) is 0 Å². The van der Waals surface area contributed by atoms with Gasteiger partial charge in [0.15, 0.2) is 0 Å². The molecule has 47 heavy (non-hydrogen) atoms. The molecule has 0 spiro atoms. The molecule has 2 aromatic carbocycles. The van der Waals surface area contributed by atoms with Crippen molar-refractivity contribution in [3.8, 4) is 5.75 Å². The van der Waals surface area contributed by atoms with Gasteiger partial charge in [-0.25, -0.2) is 0 Å². The van der Waals surface area contributed by atoms with Crippen LogP contribution in [0.5, 0.6) is 5.75 Å². The Bertz CT molecular complexity index is 1520. The minimum Gasteiger partial charge on any atom is -0.493 e. The zero-order chi connectivity index (χ0) is 33.6. The van der Waals surface area contributed by atoms with Gasteiger partial charge in [0, 0.05) is 31.9 Å². The summed E-state index contributed by atoms with van der Waals surface area (Å²) >= 11 is 0. The lowest BCUT2D eigenvalue weighted by molar-refractivity contribution is -0.133. The minimum atomic E-state index is -1.25. The number of ether oxygens (including phenoxy) is 1. The number of para-hydroxylation sites is 1. The molecule has 0 saturated heterocycles. The van der Waals surface area contributed by atoms with Crippen molar-refractivity contribution in [2.24, 2.45) is 5.92 Å². The van der Waals surface area contributed by atoms with E-state index in [1.54, 1.807) is 50.5 Å². The highest BCUT2D eigenvalue weighted by Crippen LogP contribution is 2.19. The van der Waals surface area contributed by atoms with Gasteiger partial charge in [-0.15, -0.1) is 0 Å². The number of aromatic nitrogens is 1. The van der Waals surface area contributed by atoms with E-state index in [2.05, 4.69) is 31.6 Å². The van der Waals surface area contributed by atoms with Crippen molar-refractivity contribution in [1.82, 2.24) is 31.6 Å². The Morgan fingerprint density at radius 1 is 0.894 bits per heavy atom. The molecule has 12 nitrogen and oxygen atoms in total. The fourth-order valence-corrected chi connectivity index (χ4v) is 5.09. The van der Waals surface area contributed by atoms with Crippen LogP contribution in [0.4, 0.5) is 0 Å². The molecule has 0 saturated carbocycles. The topological polar surface area (TPSA) is 168 Å². The lowest BCUT2D eigenvalue weighted by atomic mass is 10.0. The lowest BCUT2D eigenvalue weighted by Crippen LogP contribution is -2.57. The molecule has 2 heterocycles. The second kappa shape index (κ2) is 17.4. The molecule has 0 fully saturated rings. The summed E-state index contributed by atoms with van der Waals surface area (Å²) in [6.07, 6.45) is 4.08. The van der Waals surface area contributed by atoms with E-state index in [-0.39, 0.29) is 43.5 Å². The molecule has 12 heteroatoms. The van der Waals surface area contributed by atoms with Gasteiger partial charge in [0.25, 0.3) is 5.91 Å². The molecule has 0 aliphatic carbocycles. The van der Waals surface area contributed by atoms with E-state index in [1.165, 1.54) is 0 Å². The van der Waals surface area contributed by atoms with Crippen molar-refractivity contribution < 1.29 is 28.7 Å². The van der Waals surface area contributed by atoms with E-state index in [9.17, 15) is 24.0 Å². The van der Waals surface area contributed by atoms with Crippen LogP contribution in [0.1, 0.15) is 48.2 Å². The van der Waals surface area contributed by atoms with Gasteiger partial charge in [-0.2, -0.15) is 0 Å². The van der Waals surface area contributed by atoms with E-state index >= 15 is 0 Å². The van der Waals surface area contributed by atoms with Crippen molar-refractivity contribution in [2.45, 2.75) is 57.7 Å². The average molecular weight is 643 g/mol. The van der Waals surface area contributed by atoms with Crippen LogP contribution in [-0.4, -0.2) is 72.3 Å². The highest BCUT2D eigenvalue weighted by atomic mass is 16.5. The first kappa shape index (κ1) is 34.6. The molecule has 1 aliphatic rings. The average Bonchev–Trinajstić information content (AvgIpc) is 3.06. The van der Waals surface area contributed by atoms with Gasteiger partial charge in [-0.05, 0) is 54.2 Å². The number of hydrogen-bond donors (Lipinski definition) is 5. The highest BCUT2D eigenvalue weighted by molar-refractivity contribution is 6.01. The number of carbonyl (C=O) groups excluding carboxylic acids is 5. The molecule has 0 bridgehead atoms. The number of benzene rings is 2. The molecule has 0 unspecified atom stereocenters. The van der Waals surface area contributed by atoms with Crippen LogP contribution in [0, 0.1) is 5.92 Å². The Morgan fingerprint density at radius 2 is 1.62 bits per heavy atom. The minimum absolute atomic E-state index is 0.190. The third kappa shape index (κ3) is 10.7. The number of carbonyl (C=O) groups is 5. The fourth-order valence-electron chi connectivity index (χ4n) is 5.09. The molecule has 4 rings (SSSR count). The van der Waals surface area contributed by atoms with E-state index < -0.39 is 48.2 Å². The van der Waals surface area contributed by atoms with Crippen LogP contribution in [0.15, 0.2) is 79.1 Å².